The first-order valence-corrected chi connectivity index (χ1v) is 6.03. The smallest absolute Gasteiger partial charge is 0.119 e. The molecule has 0 aliphatic rings. The van der Waals surface area contributed by atoms with Crippen LogP contribution in [-0.2, 0) is 0 Å². The zero-order valence-corrected chi connectivity index (χ0v) is 10.3. The summed E-state index contributed by atoms with van der Waals surface area (Å²) in [6, 6.07) is 7.91. The number of nitrogens with zero attached hydrogens (tertiary/aromatic N) is 1. The van der Waals surface area contributed by atoms with Crippen LogP contribution >= 0.6 is 0 Å². The molecule has 0 bridgehead atoms. The Kier molecular flexibility index (Phi) is 5.72. The number of nitrogens with two attached hydrogens (primary N) is 1. The van der Waals surface area contributed by atoms with Crippen molar-refractivity contribution in [1.82, 2.24) is 0 Å². The Morgan fingerprint density at radius 2 is 1.81 bits per heavy atom. The maximum Gasteiger partial charge on any atom is 0.119 e. The Morgan fingerprint density at radius 1 is 1.12 bits per heavy atom. The molecule has 0 aliphatic carbocycles. The Hall–Kier alpha value is -1.22. The van der Waals surface area contributed by atoms with Gasteiger partial charge in [-0.2, -0.15) is 0 Å². The summed E-state index contributed by atoms with van der Waals surface area (Å²) in [6.07, 6.45) is 3.59. The molecule has 90 valence electrons. The van der Waals surface area contributed by atoms with E-state index in [4.69, 9.17) is 10.6 Å². The zero-order valence-electron chi connectivity index (χ0n) is 10.3. The van der Waals surface area contributed by atoms with Crippen molar-refractivity contribution in [2.24, 2.45) is 5.84 Å². The minimum atomic E-state index is 0.697. The Balaban J connectivity index is 2.46. The van der Waals surface area contributed by atoms with E-state index in [1.54, 1.807) is 5.01 Å². The molecule has 0 unspecified atom stereocenters. The first kappa shape index (κ1) is 12.8. The molecule has 1 aromatic carbocycles. The summed E-state index contributed by atoms with van der Waals surface area (Å²) in [5.41, 5.74) is 1.04. The summed E-state index contributed by atoms with van der Waals surface area (Å²) >= 11 is 0. The van der Waals surface area contributed by atoms with Gasteiger partial charge in [-0.3, -0.25) is 0 Å². The second-order valence-corrected chi connectivity index (χ2v) is 3.83. The van der Waals surface area contributed by atoms with Crippen LogP contribution in [-0.4, -0.2) is 13.2 Å². The van der Waals surface area contributed by atoms with Gasteiger partial charge in [0.05, 0.1) is 12.3 Å². The molecular weight excluding hydrogens is 200 g/mol. The van der Waals surface area contributed by atoms with Crippen LogP contribution in [0.3, 0.4) is 0 Å². The maximum atomic E-state index is 5.95. The van der Waals surface area contributed by atoms with Crippen LogP contribution in [0.15, 0.2) is 24.3 Å². The summed E-state index contributed by atoms with van der Waals surface area (Å²) in [6.45, 7) is 5.77. The highest BCUT2D eigenvalue weighted by Crippen LogP contribution is 2.17. The molecule has 3 nitrogen and oxygen atoms in total. The molecule has 3 heteroatoms. The fourth-order valence-electron chi connectivity index (χ4n) is 1.56. The molecule has 0 radical (unpaired) electrons. The second kappa shape index (κ2) is 7.12. The van der Waals surface area contributed by atoms with Crippen molar-refractivity contribution in [2.75, 3.05) is 18.2 Å². The van der Waals surface area contributed by atoms with Crippen molar-refractivity contribution < 1.29 is 4.74 Å². The van der Waals surface area contributed by atoms with Gasteiger partial charge in [0.15, 0.2) is 0 Å². The zero-order chi connectivity index (χ0) is 11.8. The topological polar surface area (TPSA) is 38.5 Å². The summed E-state index contributed by atoms with van der Waals surface area (Å²) in [5, 5.41) is 1.80. The number of hydrogen-bond acceptors (Lipinski definition) is 3. The third-order valence-electron chi connectivity index (χ3n) is 2.48. The lowest BCUT2D eigenvalue weighted by atomic mass is 10.2. The number of hydrazine groups is 1. The molecule has 0 spiro atoms. The van der Waals surface area contributed by atoms with E-state index in [9.17, 15) is 0 Å². The molecule has 0 atom stereocenters. The summed E-state index contributed by atoms with van der Waals surface area (Å²) in [5.74, 6) is 6.85. The lowest BCUT2D eigenvalue weighted by Gasteiger charge is -2.18. The van der Waals surface area contributed by atoms with E-state index in [0.717, 1.165) is 24.4 Å². The van der Waals surface area contributed by atoms with Crippen LogP contribution in [0.25, 0.3) is 0 Å². The van der Waals surface area contributed by atoms with Gasteiger partial charge in [0.1, 0.15) is 5.75 Å². The molecule has 0 saturated heterocycles. The first-order valence-electron chi connectivity index (χ1n) is 6.03. The molecule has 0 aromatic heterocycles. The predicted octanol–water partition coefficient (Wildman–Crippen LogP) is 2.96. The standard InChI is InChI=1S/C13H22N2O/c1-3-5-6-11-15(14)12-7-9-13(10-8-12)16-4-2/h7-10H,3-6,11,14H2,1-2H3. The molecule has 1 aromatic rings. The number of hydrogen-bond donors (Lipinski definition) is 1. The molecule has 0 amide bonds. The second-order valence-electron chi connectivity index (χ2n) is 3.83. The van der Waals surface area contributed by atoms with Crippen molar-refractivity contribution in [3.63, 3.8) is 0 Å². The average Bonchev–Trinajstić information content (AvgIpc) is 2.30. The Labute approximate surface area is 98.2 Å². The molecule has 0 heterocycles. The molecule has 0 aliphatic heterocycles. The highest BCUT2D eigenvalue weighted by atomic mass is 16.5. The third kappa shape index (κ3) is 4.11. The number of benzene rings is 1. The van der Waals surface area contributed by atoms with Crippen LogP contribution < -0.4 is 15.6 Å². The van der Waals surface area contributed by atoms with E-state index in [-0.39, 0.29) is 0 Å². The fraction of sp³-hybridized carbons (Fsp3) is 0.538. The van der Waals surface area contributed by atoms with Crippen molar-refractivity contribution >= 4 is 5.69 Å². The van der Waals surface area contributed by atoms with E-state index in [0.29, 0.717) is 6.61 Å². The molecule has 2 N–H and O–H groups in total. The largest absolute Gasteiger partial charge is 0.494 e. The number of unbranched alkanes of at least 4 members (excludes halogenated alkanes) is 2. The van der Waals surface area contributed by atoms with E-state index >= 15 is 0 Å². The van der Waals surface area contributed by atoms with Gasteiger partial charge >= 0.3 is 0 Å². The molecule has 0 fully saturated rings. The van der Waals surface area contributed by atoms with Crippen LogP contribution in [0.5, 0.6) is 5.75 Å². The van der Waals surface area contributed by atoms with E-state index in [1.807, 2.05) is 31.2 Å². The third-order valence-corrected chi connectivity index (χ3v) is 2.48. The van der Waals surface area contributed by atoms with Crippen molar-refractivity contribution in [2.45, 2.75) is 33.1 Å². The first-order chi connectivity index (χ1) is 7.77. The average molecular weight is 222 g/mol. The van der Waals surface area contributed by atoms with E-state index in [1.165, 1.54) is 12.8 Å². The van der Waals surface area contributed by atoms with Gasteiger partial charge in [0.2, 0.25) is 0 Å². The van der Waals surface area contributed by atoms with Crippen molar-refractivity contribution in [1.29, 1.82) is 0 Å². The van der Waals surface area contributed by atoms with Gasteiger partial charge in [-0.15, -0.1) is 0 Å². The van der Waals surface area contributed by atoms with Crippen LogP contribution in [0, 0.1) is 0 Å². The monoisotopic (exact) mass is 222 g/mol. The SMILES string of the molecule is CCCCCN(N)c1ccc(OCC)cc1. The number of anilines is 1. The molecule has 16 heavy (non-hydrogen) atoms. The van der Waals surface area contributed by atoms with Crippen LogP contribution in [0.2, 0.25) is 0 Å². The Morgan fingerprint density at radius 3 is 2.38 bits per heavy atom. The van der Waals surface area contributed by atoms with Gasteiger partial charge in [-0.1, -0.05) is 19.8 Å². The number of rotatable bonds is 7. The number of ether oxygens (including phenoxy) is 1. The molecular formula is C13H22N2O. The highest BCUT2D eigenvalue weighted by molar-refractivity contribution is 5.47. The minimum absolute atomic E-state index is 0.697. The maximum absolute atomic E-state index is 5.95. The predicted molar refractivity (Wildman–Crippen MR) is 68.7 cm³/mol. The van der Waals surface area contributed by atoms with Crippen LogP contribution in [0.1, 0.15) is 33.1 Å². The quantitative estimate of drug-likeness (QED) is 0.438. The molecule has 0 saturated carbocycles. The lowest BCUT2D eigenvalue weighted by Crippen LogP contribution is -2.31. The highest BCUT2D eigenvalue weighted by Gasteiger charge is 2.01. The Bertz CT molecular complexity index is 284. The lowest BCUT2D eigenvalue weighted by molar-refractivity contribution is 0.340. The van der Waals surface area contributed by atoms with Gasteiger partial charge in [0, 0.05) is 6.54 Å². The van der Waals surface area contributed by atoms with Crippen LogP contribution in [0.4, 0.5) is 5.69 Å². The van der Waals surface area contributed by atoms with Gasteiger partial charge < -0.3 is 9.75 Å². The van der Waals surface area contributed by atoms with Gasteiger partial charge in [-0.05, 0) is 37.6 Å². The molecule has 1 rings (SSSR count). The summed E-state index contributed by atoms with van der Waals surface area (Å²) in [4.78, 5) is 0. The van der Waals surface area contributed by atoms with Crippen molar-refractivity contribution in [3.05, 3.63) is 24.3 Å². The van der Waals surface area contributed by atoms with Gasteiger partial charge in [-0.25, -0.2) is 5.84 Å². The minimum Gasteiger partial charge on any atom is -0.494 e. The van der Waals surface area contributed by atoms with Gasteiger partial charge in [0.25, 0.3) is 0 Å². The summed E-state index contributed by atoms with van der Waals surface area (Å²) in [7, 11) is 0. The van der Waals surface area contributed by atoms with E-state index in [2.05, 4.69) is 6.92 Å². The normalized spacial score (nSPS) is 10.2. The fourth-order valence-corrected chi connectivity index (χ4v) is 1.56. The summed E-state index contributed by atoms with van der Waals surface area (Å²) < 4.78 is 5.38. The van der Waals surface area contributed by atoms with Crippen molar-refractivity contribution in [3.8, 4) is 5.75 Å². The van der Waals surface area contributed by atoms with E-state index < -0.39 is 0 Å².